The molecule has 15 heavy (non-hydrogen) atoms. The van der Waals surface area contributed by atoms with Gasteiger partial charge in [0.1, 0.15) is 0 Å². The standard InChI is InChI=1S/C12H12INO/c13-10-5-7-11(8-6-10)14-12(15)9-3-1-2-4-9/h1-2,5-9H,3-4H2,(H,14,15). The maximum absolute atomic E-state index is 11.7. The van der Waals surface area contributed by atoms with Crippen LogP contribution in [0.1, 0.15) is 12.8 Å². The molecule has 0 unspecified atom stereocenters. The quantitative estimate of drug-likeness (QED) is 0.659. The summed E-state index contributed by atoms with van der Waals surface area (Å²) < 4.78 is 1.17. The van der Waals surface area contributed by atoms with Crippen molar-refractivity contribution in [3.63, 3.8) is 0 Å². The van der Waals surface area contributed by atoms with Gasteiger partial charge in [-0.1, -0.05) is 12.2 Å². The van der Waals surface area contributed by atoms with Crippen molar-refractivity contribution >= 4 is 34.2 Å². The average molecular weight is 313 g/mol. The number of carbonyl (C=O) groups excluding carboxylic acids is 1. The number of rotatable bonds is 2. The lowest BCUT2D eigenvalue weighted by molar-refractivity contribution is -0.119. The van der Waals surface area contributed by atoms with Crippen molar-refractivity contribution in [3.8, 4) is 0 Å². The van der Waals surface area contributed by atoms with E-state index in [1.165, 1.54) is 3.57 Å². The van der Waals surface area contributed by atoms with Crippen LogP contribution in [0.25, 0.3) is 0 Å². The van der Waals surface area contributed by atoms with Crippen molar-refractivity contribution in [2.24, 2.45) is 5.92 Å². The molecule has 0 saturated carbocycles. The first kappa shape index (κ1) is 10.7. The number of benzene rings is 1. The van der Waals surface area contributed by atoms with E-state index in [1.54, 1.807) is 0 Å². The first-order chi connectivity index (χ1) is 7.25. The van der Waals surface area contributed by atoms with Gasteiger partial charge in [-0.2, -0.15) is 0 Å². The second-order valence-corrected chi connectivity index (χ2v) is 4.88. The number of carbonyl (C=O) groups is 1. The molecular formula is C12H12INO. The van der Waals surface area contributed by atoms with E-state index in [9.17, 15) is 4.79 Å². The molecule has 0 aliphatic heterocycles. The Hall–Kier alpha value is -0.840. The monoisotopic (exact) mass is 313 g/mol. The van der Waals surface area contributed by atoms with Crippen LogP contribution in [0.3, 0.4) is 0 Å². The number of hydrogen-bond acceptors (Lipinski definition) is 1. The molecule has 0 radical (unpaired) electrons. The molecule has 2 nitrogen and oxygen atoms in total. The molecule has 1 N–H and O–H groups in total. The molecule has 0 spiro atoms. The van der Waals surface area contributed by atoms with Gasteiger partial charge in [-0.05, 0) is 59.7 Å². The third-order valence-corrected chi connectivity index (χ3v) is 3.21. The van der Waals surface area contributed by atoms with Crippen LogP contribution in [0.15, 0.2) is 36.4 Å². The fourth-order valence-electron chi connectivity index (χ4n) is 1.61. The van der Waals surface area contributed by atoms with Crippen LogP contribution >= 0.6 is 22.6 Å². The highest BCUT2D eigenvalue weighted by molar-refractivity contribution is 14.1. The lowest BCUT2D eigenvalue weighted by Crippen LogP contribution is -2.20. The van der Waals surface area contributed by atoms with Gasteiger partial charge < -0.3 is 5.32 Å². The molecule has 78 valence electrons. The first-order valence-corrected chi connectivity index (χ1v) is 6.05. The normalized spacial score (nSPS) is 15.5. The number of nitrogens with one attached hydrogen (secondary N) is 1. The molecule has 1 amide bonds. The van der Waals surface area contributed by atoms with Gasteiger partial charge in [0.25, 0.3) is 0 Å². The predicted molar refractivity (Wildman–Crippen MR) is 69.7 cm³/mol. The molecule has 3 heteroatoms. The summed E-state index contributed by atoms with van der Waals surface area (Å²) >= 11 is 2.25. The van der Waals surface area contributed by atoms with E-state index in [-0.39, 0.29) is 11.8 Å². The molecule has 0 saturated heterocycles. The molecule has 0 fully saturated rings. The van der Waals surface area contributed by atoms with Crippen LogP contribution in [-0.4, -0.2) is 5.91 Å². The summed E-state index contributed by atoms with van der Waals surface area (Å²) in [7, 11) is 0. The summed E-state index contributed by atoms with van der Waals surface area (Å²) in [6.45, 7) is 0. The van der Waals surface area contributed by atoms with Crippen LogP contribution in [0.4, 0.5) is 5.69 Å². The van der Waals surface area contributed by atoms with Crippen molar-refractivity contribution in [2.75, 3.05) is 5.32 Å². The molecule has 1 aliphatic carbocycles. The Kier molecular flexibility index (Phi) is 3.41. The zero-order valence-corrected chi connectivity index (χ0v) is 10.4. The minimum absolute atomic E-state index is 0.126. The van der Waals surface area contributed by atoms with Crippen LogP contribution in [0, 0.1) is 9.49 Å². The number of allylic oxidation sites excluding steroid dienone is 2. The molecule has 2 rings (SSSR count). The van der Waals surface area contributed by atoms with Crippen molar-refractivity contribution in [2.45, 2.75) is 12.8 Å². The number of amides is 1. The van der Waals surface area contributed by atoms with E-state index in [1.807, 2.05) is 24.3 Å². The minimum Gasteiger partial charge on any atom is -0.326 e. The van der Waals surface area contributed by atoms with E-state index < -0.39 is 0 Å². The Labute approximate surface area is 103 Å². The van der Waals surface area contributed by atoms with Gasteiger partial charge in [0.2, 0.25) is 5.91 Å². The Balaban J connectivity index is 1.96. The highest BCUT2D eigenvalue weighted by atomic mass is 127. The van der Waals surface area contributed by atoms with Gasteiger partial charge in [-0.15, -0.1) is 0 Å². The molecule has 0 atom stereocenters. The summed E-state index contributed by atoms with van der Waals surface area (Å²) in [6.07, 6.45) is 5.88. The molecule has 1 aromatic carbocycles. The fraction of sp³-hybridized carbons (Fsp3) is 0.250. The van der Waals surface area contributed by atoms with E-state index in [0.29, 0.717) is 0 Å². The van der Waals surface area contributed by atoms with Crippen LogP contribution in [-0.2, 0) is 4.79 Å². The van der Waals surface area contributed by atoms with Gasteiger partial charge in [0.05, 0.1) is 0 Å². The first-order valence-electron chi connectivity index (χ1n) is 4.97. The highest BCUT2D eigenvalue weighted by Gasteiger charge is 2.18. The smallest absolute Gasteiger partial charge is 0.228 e. The van der Waals surface area contributed by atoms with Crippen LogP contribution in [0.2, 0.25) is 0 Å². The van der Waals surface area contributed by atoms with Gasteiger partial charge in [-0.3, -0.25) is 4.79 Å². The molecule has 1 aromatic rings. The minimum atomic E-state index is 0.126. The van der Waals surface area contributed by atoms with Gasteiger partial charge >= 0.3 is 0 Å². The molecule has 0 bridgehead atoms. The van der Waals surface area contributed by atoms with Crippen molar-refractivity contribution in [1.29, 1.82) is 0 Å². The zero-order valence-electron chi connectivity index (χ0n) is 8.24. The van der Waals surface area contributed by atoms with Crippen LogP contribution in [0.5, 0.6) is 0 Å². The van der Waals surface area contributed by atoms with E-state index in [0.717, 1.165) is 18.5 Å². The van der Waals surface area contributed by atoms with Crippen molar-refractivity contribution < 1.29 is 4.79 Å². The molecule has 0 heterocycles. The molecular weight excluding hydrogens is 301 g/mol. The Morgan fingerprint density at radius 1 is 1.20 bits per heavy atom. The summed E-state index contributed by atoms with van der Waals surface area (Å²) in [5, 5.41) is 2.93. The Morgan fingerprint density at radius 2 is 1.80 bits per heavy atom. The summed E-state index contributed by atoms with van der Waals surface area (Å²) in [6, 6.07) is 7.84. The highest BCUT2D eigenvalue weighted by Crippen LogP contribution is 2.20. The van der Waals surface area contributed by atoms with E-state index in [2.05, 4.69) is 40.1 Å². The third kappa shape index (κ3) is 2.81. The van der Waals surface area contributed by atoms with Crippen molar-refractivity contribution in [1.82, 2.24) is 0 Å². The maximum Gasteiger partial charge on any atom is 0.228 e. The van der Waals surface area contributed by atoms with Gasteiger partial charge in [0, 0.05) is 15.2 Å². The van der Waals surface area contributed by atoms with E-state index >= 15 is 0 Å². The largest absolute Gasteiger partial charge is 0.326 e. The van der Waals surface area contributed by atoms with Gasteiger partial charge in [-0.25, -0.2) is 0 Å². The SMILES string of the molecule is O=C(Nc1ccc(I)cc1)C1CC=CC1. The van der Waals surface area contributed by atoms with Gasteiger partial charge in [0.15, 0.2) is 0 Å². The second-order valence-electron chi connectivity index (χ2n) is 3.64. The zero-order chi connectivity index (χ0) is 10.7. The predicted octanol–water partition coefficient (Wildman–Crippen LogP) is 3.20. The topological polar surface area (TPSA) is 29.1 Å². The van der Waals surface area contributed by atoms with Crippen LogP contribution < -0.4 is 5.32 Å². The third-order valence-electron chi connectivity index (χ3n) is 2.49. The fourth-order valence-corrected chi connectivity index (χ4v) is 1.97. The molecule has 1 aliphatic rings. The Bertz CT molecular complexity index is 375. The number of hydrogen-bond donors (Lipinski definition) is 1. The Morgan fingerprint density at radius 3 is 2.40 bits per heavy atom. The number of anilines is 1. The maximum atomic E-state index is 11.7. The average Bonchev–Trinajstić information content (AvgIpc) is 2.74. The second kappa shape index (κ2) is 4.79. The summed E-state index contributed by atoms with van der Waals surface area (Å²) in [5.41, 5.74) is 0.882. The number of halogens is 1. The van der Waals surface area contributed by atoms with E-state index in [4.69, 9.17) is 0 Å². The summed E-state index contributed by atoms with van der Waals surface area (Å²) in [5.74, 6) is 0.255. The lowest BCUT2D eigenvalue weighted by atomic mass is 10.1. The summed E-state index contributed by atoms with van der Waals surface area (Å²) in [4.78, 5) is 11.7. The molecule has 0 aromatic heterocycles. The van der Waals surface area contributed by atoms with Crippen molar-refractivity contribution in [3.05, 3.63) is 40.0 Å². The lowest BCUT2D eigenvalue weighted by Gasteiger charge is -2.10.